The molecule has 0 radical (unpaired) electrons. The van der Waals surface area contributed by atoms with Crippen LogP contribution in [-0.4, -0.2) is 0 Å². The van der Waals surface area contributed by atoms with Crippen LogP contribution in [-0.2, 0) is 44.3 Å². The van der Waals surface area contributed by atoms with Crippen LogP contribution in [0, 0.1) is 0 Å². The third-order valence-corrected chi connectivity index (χ3v) is 0. The first-order chi connectivity index (χ1) is 2.41. The molecule has 0 amide bonds. The second kappa shape index (κ2) is 24.0. The van der Waals surface area contributed by atoms with Gasteiger partial charge in [-0.25, -0.2) is 0 Å². The van der Waals surface area contributed by atoms with E-state index in [1.54, 1.807) is 0 Å². The van der Waals surface area contributed by atoms with Gasteiger partial charge in [0, 0.05) is 0 Å². The van der Waals surface area contributed by atoms with E-state index < -0.39 is 14.8 Å². The van der Waals surface area contributed by atoms with Crippen molar-refractivity contribution in [1.29, 1.82) is 0 Å². The summed E-state index contributed by atoms with van der Waals surface area (Å²) in [6, 6.07) is 0. The summed E-state index contributed by atoms with van der Waals surface area (Å²) in [5.41, 5.74) is 0. The SMILES string of the molecule is [O]=[Mn]=[O].[O]=[Zn]. The molecule has 5 heavy (non-hydrogen) atoms. The fourth-order valence-electron chi connectivity index (χ4n) is 0. The van der Waals surface area contributed by atoms with E-state index in [9.17, 15) is 0 Å². The summed E-state index contributed by atoms with van der Waals surface area (Å²) < 4.78 is 25.2. The van der Waals surface area contributed by atoms with Crippen LogP contribution in [0.4, 0.5) is 0 Å². The molecule has 0 rings (SSSR count). The van der Waals surface area contributed by atoms with Gasteiger partial charge in [0.05, 0.1) is 0 Å². The minimum atomic E-state index is -1.44. The van der Waals surface area contributed by atoms with Crippen molar-refractivity contribution < 1.29 is 44.3 Å². The van der Waals surface area contributed by atoms with Gasteiger partial charge in [-0.15, -0.1) is 0 Å². The molecule has 0 aromatic heterocycles. The van der Waals surface area contributed by atoms with Crippen molar-refractivity contribution in [2.24, 2.45) is 0 Å². The first-order valence-corrected chi connectivity index (χ1v) is 2.77. The van der Waals surface area contributed by atoms with Gasteiger partial charge in [-0.2, -0.15) is 0 Å². The monoisotopic (exact) mass is 167 g/mol. The summed E-state index contributed by atoms with van der Waals surface area (Å²) in [5.74, 6) is 0. The molecular weight excluding hydrogens is 168 g/mol. The molecule has 0 aromatic rings. The Morgan fingerprint density at radius 3 is 1.20 bits per heavy atom. The third-order valence-electron chi connectivity index (χ3n) is 0. The summed E-state index contributed by atoms with van der Waals surface area (Å²) in [7, 11) is 0. The van der Waals surface area contributed by atoms with Crippen LogP contribution in [0.2, 0.25) is 0 Å². The molecule has 0 N–H and O–H groups in total. The standard InChI is InChI=1S/Mn.3O.Zn. The van der Waals surface area contributed by atoms with Crippen molar-refractivity contribution in [2.45, 2.75) is 0 Å². The number of hydrogen-bond donors (Lipinski definition) is 0. The van der Waals surface area contributed by atoms with Gasteiger partial charge in [-0.3, -0.25) is 0 Å². The molecule has 0 heterocycles. The Morgan fingerprint density at radius 1 is 1.20 bits per heavy atom. The van der Waals surface area contributed by atoms with Crippen LogP contribution in [0.15, 0.2) is 0 Å². The summed E-state index contributed by atoms with van der Waals surface area (Å²) in [4.78, 5) is 0. The summed E-state index contributed by atoms with van der Waals surface area (Å²) in [5, 5.41) is 0. The molecule has 0 atom stereocenters. The number of hydrogen-bond acceptors (Lipinski definition) is 3. The Balaban J connectivity index is 0. The average molecular weight is 168 g/mol. The van der Waals surface area contributed by atoms with E-state index in [0.29, 0.717) is 0 Å². The molecule has 0 bridgehead atoms. The fourth-order valence-corrected chi connectivity index (χ4v) is 0. The van der Waals surface area contributed by atoms with E-state index >= 15 is 0 Å². The second-order valence-corrected chi connectivity index (χ2v) is 0.260. The molecule has 27 valence electrons. The first-order valence-electron chi connectivity index (χ1n) is 0.597. The van der Waals surface area contributed by atoms with E-state index in [1.807, 2.05) is 0 Å². The second-order valence-electron chi connectivity index (χ2n) is 0.0630. The minimum absolute atomic E-state index is 0.125. The zero-order valence-corrected chi connectivity index (χ0v) is 6.46. The summed E-state index contributed by atoms with van der Waals surface area (Å²) >= 11 is -1.31. The zero-order chi connectivity index (χ0) is 4.71. The van der Waals surface area contributed by atoms with E-state index in [4.69, 9.17) is 11.2 Å². The van der Waals surface area contributed by atoms with Gasteiger partial charge >= 0.3 is 44.3 Å². The van der Waals surface area contributed by atoms with Crippen molar-refractivity contribution in [1.82, 2.24) is 0 Å². The van der Waals surface area contributed by atoms with Crippen LogP contribution in [0.25, 0.3) is 0 Å². The van der Waals surface area contributed by atoms with Gasteiger partial charge < -0.3 is 0 Å². The van der Waals surface area contributed by atoms with Crippen LogP contribution < -0.4 is 0 Å². The van der Waals surface area contributed by atoms with Crippen molar-refractivity contribution in [3.63, 3.8) is 0 Å². The van der Waals surface area contributed by atoms with E-state index in [1.165, 1.54) is 0 Å². The van der Waals surface area contributed by atoms with Gasteiger partial charge in [0.15, 0.2) is 0 Å². The maximum atomic E-state index is 8.41. The van der Waals surface area contributed by atoms with Crippen molar-refractivity contribution >= 4 is 0 Å². The molecule has 3 nitrogen and oxygen atoms in total. The van der Waals surface area contributed by atoms with Gasteiger partial charge in [0.2, 0.25) is 0 Å². The predicted octanol–water partition coefficient (Wildman–Crippen LogP) is -0.361. The van der Waals surface area contributed by atoms with Crippen LogP contribution in [0.3, 0.4) is 0 Å². The molecule has 5 heteroatoms. The summed E-state index contributed by atoms with van der Waals surface area (Å²) in [6.07, 6.45) is 0. The van der Waals surface area contributed by atoms with Gasteiger partial charge in [0.25, 0.3) is 0 Å². The molecule has 0 aliphatic heterocycles. The predicted molar refractivity (Wildman–Crippen MR) is 2.06 cm³/mol. The number of rotatable bonds is 0. The van der Waals surface area contributed by atoms with E-state index in [2.05, 4.69) is 0 Å². The molecule has 0 aliphatic carbocycles. The maximum absolute atomic E-state index is 8.41. The average Bonchev–Trinajstić information content (AvgIpc) is 1.46. The molecule has 0 aromatic carbocycles. The van der Waals surface area contributed by atoms with Crippen molar-refractivity contribution in [3.8, 4) is 0 Å². The third kappa shape index (κ3) is 99.7. The topological polar surface area (TPSA) is 51.2 Å². The fraction of sp³-hybridized carbons (Fsp3) is 0. The van der Waals surface area contributed by atoms with E-state index in [-0.39, 0.29) is 18.3 Å². The molecular formula is MnO3Zn. The summed E-state index contributed by atoms with van der Waals surface area (Å²) in [6.45, 7) is 0. The Hall–Kier alpha value is 0.543. The van der Waals surface area contributed by atoms with E-state index in [0.717, 1.165) is 0 Å². The zero-order valence-electron chi connectivity index (χ0n) is 2.31. The molecule has 0 saturated carbocycles. The quantitative estimate of drug-likeness (QED) is 0.464. The van der Waals surface area contributed by atoms with Crippen molar-refractivity contribution in [2.75, 3.05) is 0 Å². The van der Waals surface area contributed by atoms with Crippen LogP contribution in [0.5, 0.6) is 0 Å². The van der Waals surface area contributed by atoms with Crippen molar-refractivity contribution in [3.05, 3.63) is 0 Å². The van der Waals surface area contributed by atoms with Crippen LogP contribution in [0.1, 0.15) is 0 Å². The normalized spacial score (nSPS) is 3.60. The Labute approximate surface area is 44.6 Å². The van der Waals surface area contributed by atoms with Gasteiger partial charge in [-0.05, 0) is 0 Å². The Bertz CT molecular complexity index is 36.2. The van der Waals surface area contributed by atoms with Gasteiger partial charge in [-0.1, -0.05) is 0 Å². The molecule has 0 unspecified atom stereocenters. The molecule has 0 fully saturated rings. The van der Waals surface area contributed by atoms with Gasteiger partial charge in [0.1, 0.15) is 0 Å². The molecule has 0 spiro atoms. The van der Waals surface area contributed by atoms with Crippen LogP contribution >= 0.6 is 0 Å². The Morgan fingerprint density at radius 2 is 1.20 bits per heavy atom. The molecule has 0 saturated heterocycles. The molecule has 0 aliphatic rings. The Kier molecular flexibility index (Phi) is 43.7. The first kappa shape index (κ1) is 9.11.